The van der Waals surface area contributed by atoms with Crippen LogP contribution < -0.4 is 10.6 Å². The number of hydrogen-bond acceptors (Lipinski definition) is 4. The molecule has 36 heavy (non-hydrogen) atoms. The van der Waals surface area contributed by atoms with Gasteiger partial charge in [0.25, 0.3) is 0 Å². The second kappa shape index (κ2) is 12.3. The molecule has 8 heteroatoms. The van der Waals surface area contributed by atoms with Gasteiger partial charge in [0.15, 0.2) is 0 Å². The molecule has 3 atom stereocenters. The van der Waals surface area contributed by atoms with Gasteiger partial charge in [0.05, 0.1) is 0 Å². The Bertz CT molecular complexity index is 904. The Morgan fingerprint density at radius 2 is 1.69 bits per heavy atom. The fourth-order valence-corrected chi connectivity index (χ4v) is 5.41. The van der Waals surface area contributed by atoms with Gasteiger partial charge in [-0.05, 0) is 81.9 Å². The number of amides is 3. The average molecular weight is 520 g/mol. The summed E-state index contributed by atoms with van der Waals surface area (Å²) in [6, 6.07) is 7.31. The highest BCUT2D eigenvalue weighted by Crippen LogP contribution is 2.30. The molecule has 2 fully saturated rings. The number of rotatable bonds is 7. The Balaban J connectivity index is 1.52. The Labute approximate surface area is 220 Å². The maximum absolute atomic E-state index is 13.4. The summed E-state index contributed by atoms with van der Waals surface area (Å²) in [6.45, 7) is 10.8. The third-order valence-electron chi connectivity index (χ3n) is 7.21. The number of alkyl carbamates (subject to hydrolysis) is 1. The Kier molecular flexibility index (Phi) is 9.67. The summed E-state index contributed by atoms with van der Waals surface area (Å²) in [4.78, 5) is 40.5. The van der Waals surface area contributed by atoms with Crippen molar-refractivity contribution < 1.29 is 19.1 Å². The Hall–Kier alpha value is -2.28. The summed E-state index contributed by atoms with van der Waals surface area (Å²) in [5.74, 6) is 0.282. The van der Waals surface area contributed by atoms with Crippen molar-refractivity contribution in [3.63, 3.8) is 0 Å². The normalized spacial score (nSPS) is 21.8. The average Bonchev–Trinajstić information content (AvgIpc) is 3.22. The first-order chi connectivity index (χ1) is 16.9. The molecule has 0 bridgehead atoms. The standard InChI is InChI=1S/C28H42ClN3O4/c1-18(2)25(26(34)32-15-13-20(14-16-32)19-9-11-22(29)12-10-19)31-24(33)17-21-7-6-8-23(21)30-27(35)36-28(3,4)5/h9-12,18,20-21,23,25H,6-8,13-17H2,1-5H3,(H,30,35)(H,31,33)/t21?,23?,25-/m1/s1. The first-order valence-electron chi connectivity index (χ1n) is 13.3. The topological polar surface area (TPSA) is 87.7 Å². The summed E-state index contributed by atoms with van der Waals surface area (Å²) in [7, 11) is 0. The number of benzene rings is 1. The van der Waals surface area contributed by atoms with E-state index in [9.17, 15) is 14.4 Å². The van der Waals surface area contributed by atoms with Crippen molar-refractivity contribution in [1.82, 2.24) is 15.5 Å². The second-order valence-electron chi connectivity index (χ2n) is 11.6. The Morgan fingerprint density at radius 3 is 2.28 bits per heavy atom. The zero-order valence-electron chi connectivity index (χ0n) is 22.3. The van der Waals surface area contributed by atoms with Gasteiger partial charge >= 0.3 is 6.09 Å². The lowest BCUT2D eigenvalue weighted by Gasteiger charge is -2.35. The van der Waals surface area contributed by atoms with Gasteiger partial charge in [0.1, 0.15) is 11.6 Å². The van der Waals surface area contributed by atoms with Crippen molar-refractivity contribution >= 4 is 29.5 Å². The van der Waals surface area contributed by atoms with Crippen molar-refractivity contribution in [2.45, 2.75) is 96.7 Å². The van der Waals surface area contributed by atoms with Crippen LogP contribution in [0.2, 0.25) is 5.02 Å². The van der Waals surface area contributed by atoms with Crippen LogP contribution in [0.1, 0.15) is 84.6 Å². The Morgan fingerprint density at radius 1 is 1.06 bits per heavy atom. The lowest BCUT2D eigenvalue weighted by Crippen LogP contribution is -2.53. The molecule has 200 valence electrons. The van der Waals surface area contributed by atoms with E-state index in [1.54, 1.807) is 0 Å². The molecule has 2 N–H and O–H groups in total. The van der Waals surface area contributed by atoms with Crippen LogP contribution >= 0.6 is 11.6 Å². The van der Waals surface area contributed by atoms with E-state index < -0.39 is 17.7 Å². The second-order valence-corrected chi connectivity index (χ2v) is 12.0. The molecular formula is C28H42ClN3O4. The van der Waals surface area contributed by atoms with Crippen LogP contribution in [0.5, 0.6) is 0 Å². The molecule has 1 aliphatic carbocycles. The molecule has 1 aromatic rings. The largest absolute Gasteiger partial charge is 0.444 e. The fourth-order valence-electron chi connectivity index (χ4n) is 5.28. The molecule has 1 saturated carbocycles. The van der Waals surface area contributed by atoms with E-state index in [4.69, 9.17) is 16.3 Å². The van der Waals surface area contributed by atoms with E-state index in [1.165, 1.54) is 5.56 Å². The molecule has 1 aliphatic heterocycles. The van der Waals surface area contributed by atoms with Crippen LogP contribution in [0, 0.1) is 11.8 Å². The number of carbonyl (C=O) groups excluding carboxylic acids is 3. The maximum atomic E-state index is 13.4. The molecule has 1 heterocycles. The predicted octanol–water partition coefficient (Wildman–Crippen LogP) is 5.27. The number of halogens is 1. The van der Waals surface area contributed by atoms with E-state index in [-0.39, 0.29) is 36.1 Å². The molecule has 2 unspecified atom stereocenters. The summed E-state index contributed by atoms with van der Waals surface area (Å²) in [5.41, 5.74) is 0.690. The zero-order valence-corrected chi connectivity index (χ0v) is 23.1. The van der Waals surface area contributed by atoms with E-state index in [0.717, 1.165) is 37.1 Å². The minimum absolute atomic E-state index is 0.0113. The first kappa shape index (κ1) is 28.3. The van der Waals surface area contributed by atoms with Gasteiger partial charge in [-0.3, -0.25) is 9.59 Å². The van der Waals surface area contributed by atoms with Crippen molar-refractivity contribution in [2.24, 2.45) is 11.8 Å². The van der Waals surface area contributed by atoms with Gasteiger partial charge < -0.3 is 20.3 Å². The van der Waals surface area contributed by atoms with Crippen LogP contribution in [0.25, 0.3) is 0 Å². The molecule has 0 aromatic heterocycles. The summed E-state index contributed by atoms with van der Waals surface area (Å²) >= 11 is 6.02. The third-order valence-corrected chi connectivity index (χ3v) is 7.46. The van der Waals surface area contributed by atoms with Gasteiger partial charge in [-0.2, -0.15) is 0 Å². The van der Waals surface area contributed by atoms with Crippen LogP contribution in [-0.2, 0) is 14.3 Å². The number of nitrogens with zero attached hydrogens (tertiary/aromatic N) is 1. The highest BCUT2D eigenvalue weighted by Gasteiger charge is 2.35. The van der Waals surface area contributed by atoms with Crippen molar-refractivity contribution in [3.8, 4) is 0 Å². The number of piperidine rings is 1. The van der Waals surface area contributed by atoms with Crippen molar-refractivity contribution in [1.29, 1.82) is 0 Å². The monoisotopic (exact) mass is 519 g/mol. The molecule has 0 radical (unpaired) electrons. The quantitative estimate of drug-likeness (QED) is 0.513. The van der Waals surface area contributed by atoms with Crippen LogP contribution in [0.4, 0.5) is 4.79 Å². The van der Waals surface area contributed by atoms with E-state index >= 15 is 0 Å². The van der Waals surface area contributed by atoms with Gasteiger partial charge in [-0.15, -0.1) is 0 Å². The minimum Gasteiger partial charge on any atom is -0.444 e. The van der Waals surface area contributed by atoms with Gasteiger partial charge in [0, 0.05) is 30.6 Å². The summed E-state index contributed by atoms with van der Waals surface area (Å²) < 4.78 is 5.38. The first-order valence-corrected chi connectivity index (χ1v) is 13.6. The number of carbonyl (C=O) groups is 3. The minimum atomic E-state index is -0.566. The van der Waals surface area contributed by atoms with Crippen LogP contribution in [0.15, 0.2) is 24.3 Å². The molecule has 3 rings (SSSR count). The summed E-state index contributed by atoms with van der Waals surface area (Å²) in [6.07, 6.45) is 4.28. The van der Waals surface area contributed by atoms with E-state index in [1.807, 2.05) is 51.7 Å². The number of nitrogens with one attached hydrogen (secondary N) is 2. The molecule has 3 amide bonds. The third kappa shape index (κ3) is 8.12. The molecule has 7 nitrogen and oxygen atoms in total. The van der Waals surface area contributed by atoms with Crippen molar-refractivity contribution in [2.75, 3.05) is 13.1 Å². The molecule has 2 aliphatic rings. The molecular weight excluding hydrogens is 478 g/mol. The van der Waals surface area contributed by atoms with Crippen molar-refractivity contribution in [3.05, 3.63) is 34.9 Å². The predicted molar refractivity (Wildman–Crippen MR) is 142 cm³/mol. The molecule has 0 spiro atoms. The maximum Gasteiger partial charge on any atom is 0.407 e. The zero-order chi connectivity index (χ0) is 26.5. The van der Waals surface area contributed by atoms with Gasteiger partial charge in [-0.1, -0.05) is 44.0 Å². The van der Waals surface area contributed by atoms with Gasteiger partial charge in [0.2, 0.25) is 11.8 Å². The number of ether oxygens (including phenoxy) is 1. The highest BCUT2D eigenvalue weighted by atomic mass is 35.5. The number of likely N-dealkylation sites (tertiary alicyclic amines) is 1. The van der Waals surface area contributed by atoms with E-state index in [2.05, 4.69) is 22.8 Å². The fraction of sp³-hybridized carbons (Fsp3) is 0.679. The van der Waals surface area contributed by atoms with Gasteiger partial charge in [-0.25, -0.2) is 4.79 Å². The lowest BCUT2D eigenvalue weighted by molar-refractivity contribution is -0.138. The molecule has 1 aromatic carbocycles. The van der Waals surface area contributed by atoms with E-state index in [0.29, 0.717) is 19.0 Å². The number of hydrogen-bond donors (Lipinski definition) is 2. The van der Waals surface area contributed by atoms with Crippen LogP contribution in [0.3, 0.4) is 0 Å². The summed E-state index contributed by atoms with van der Waals surface area (Å²) in [5, 5.41) is 6.68. The molecule has 1 saturated heterocycles. The highest BCUT2D eigenvalue weighted by molar-refractivity contribution is 6.30. The lowest BCUT2D eigenvalue weighted by atomic mass is 9.89. The SMILES string of the molecule is CC(C)[C@@H](NC(=O)CC1CCCC1NC(=O)OC(C)(C)C)C(=O)N1CCC(c2ccc(Cl)cc2)CC1. The van der Waals surface area contributed by atoms with Crippen LogP contribution in [-0.4, -0.2) is 53.6 Å². The smallest absolute Gasteiger partial charge is 0.407 e.